The lowest BCUT2D eigenvalue weighted by molar-refractivity contribution is -0.835. The fraction of sp³-hybridized carbons (Fsp3) is 0.130. The van der Waals surface area contributed by atoms with Crippen LogP contribution in [0.2, 0.25) is 0 Å². The van der Waals surface area contributed by atoms with Crippen molar-refractivity contribution in [2.24, 2.45) is 0 Å². The highest BCUT2D eigenvalue weighted by molar-refractivity contribution is 6.30. The molecule has 6 aliphatic heterocycles. The normalized spacial score (nSPS) is 16.6. The molecule has 1 atom stereocenters. The minimum atomic E-state index is -0.597. The number of nitrogens with one attached hydrogen (secondary N) is 4. The fourth-order valence-electron chi connectivity index (χ4n) is 12.6. The molecule has 10 aromatic rings. The molecule has 0 aliphatic carbocycles. The summed E-state index contributed by atoms with van der Waals surface area (Å²) in [7, 11) is 0. The van der Waals surface area contributed by atoms with E-state index in [1.807, 2.05) is 24.5 Å². The van der Waals surface area contributed by atoms with Gasteiger partial charge in [0.05, 0.1) is 33.9 Å². The molecule has 374 valence electrons. The summed E-state index contributed by atoms with van der Waals surface area (Å²) in [6, 6.07) is 65.5. The maximum Gasteiger partial charge on any atom is 0.553 e. The molecular weight excluding hydrogens is 941 g/mol. The highest BCUT2D eigenvalue weighted by Crippen LogP contribution is 2.48. The van der Waals surface area contributed by atoms with E-state index in [9.17, 15) is 0 Å². The molecule has 6 aromatic heterocycles. The third kappa shape index (κ3) is 7.34. The van der Waals surface area contributed by atoms with E-state index in [1.165, 1.54) is 124 Å². The summed E-state index contributed by atoms with van der Waals surface area (Å²) >= 11 is 0. The Morgan fingerprint density at radius 1 is 0.481 bits per heavy atom. The second-order valence-corrected chi connectivity index (χ2v) is 20.8. The molecule has 16 rings (SSSR count). The van der Waals surface area contributed by atoms with E-state index in [0.717, 1.165) is 12.8 Å². The Kier molecular flexibility index (Phi) is 11.1. The number of hydrogen-bond donors (Lipinski definition) is 4. The summed E-state index contributed by atoms with van der Waals surface area (Å²) in [5.41, 5.74) is 25.1. The molecule has 0 saturated carbocycles. The largest absolute Gasteiger partial charge is 0.553 e. The van der Waals surface area contributed by atoms with Gasteiger partial charge in [-0.05, 0) is 122 Å². The van der Waals surface area contributed by atoms with Crippen molar-refractivity contribution in [2.45, 2.75) is 58.3 Å². The van der Waals surface area contributed by atoms with Crippen molar-refractivity contribution in [3.05, 3.63) is 320 Å². The van der Waals surface area contributed by atoms with Crippen LogP contribution in [0.1, 0.15) is 105 Å². The molecule has 77 heavy (non-hydrogen) atoms. The van der Waals surface area contributed by atoms with Crippen LogP contribution in [0.15, 0.2) is 230 Å². The van der Waals surface area contributed by atoms with Crippen LogP contribution < -0.4 is 10.7 Å². The van der Waals surface area contributed by atoms with Gasteiger partial charge in [-0.2, -0.15) is 9.13 Å². The van der Waals surface area contributed by atoms with Gasteiger partial charge in [0.25, 0.3) is 0 Å². The highest BCUT2D eigenvalue weighted by atomic mass is 15.6. The lowest BCUT2D eigenvalue weighted by Gasteiger charge is -2.39. The Bertz CT molecular complexity index is 4140. The maximum absolute atomic E-state index is 3.57. The van der Waals surface area contributed by atoms with Crippen LogP contribution in [-0.2, 0) is 18.8 Å². The number of H-pyrrole nitrogens is 4. The van der Waals surface area contributed by atoms with E-state index in [2.05, 4.69) is 272 Å². The molecule has 12 heterocycles. The average molecular weight is 1000 g/mol. The Morgan fingerprint density at radius 3 is 1.71 bits per heavy atom. The summed E-state index contributed by atoms with van der Waals surface area (Å²) < 4.78 is 10.3. The number of hydrogen-bond acceptors (Lipinski definition) is 0. The molecule has 0 bridgehead atoms. The van der Waals surface area contributed by atoms with Gasteiger partial charge in [-0.15, -0.1) is 0 Å². The summed E-state index contributed by atoms with van der Waals surface area (Å²) in [6.07, 6.45) is 19.9. The topological polar surface area (TPSA) is 79.0 Å². The Hall–Kier alpha value is -9.40. The zero-order valence-corrected chi connectivity index (χ0v) is 43.8. The maximum atomic E-state index is 3.57. The lowest BCUT2D eigenvalue weighted by atomic mass is 9.92. The first-order valence-corrected chi connectivity index (χ1v) is 27.1. The standard InChI is InChI=1S/C34H22N4.C19H22N2.C16H16N2/c1-21-7-9-23(10-8-21)33-30-17-13-26-19-24-11-15-28-32(22-5-3-2-4-6-22)29-16-12-25-20-27-14-18-31(33)38(27)34(35(24)28,36(25)29)37(26)30;1-3-15-10-12-17(20-15)19(14-8-6-5-7-9-14)18-13-11-16(4-2)21-18;1-12-6-8-13(9-7-12)16(14-4-2-10-17-14)15-5-3-11-18-15/h2-20H,1H3;5-13,19-21H,3-4H2,1-2H3;2-11,16-18H,1H3/q+2;;. The minimum absolute atomic E-state index is 0.242. The number of allylic oxidation sites excluding steroid dienone is 5. The van der Waals surface area contributed by atoms with Crippen LogP contribution in [0, 0.1) is 13.8 Å². The lowest BCUT2D eigenvalue weighted by Crippen LogP contribution is -2.70. The van der Waals surface area contributed by atoms with E-state index in [1.54, 1.807) is 0 Å². The third-order valence-electron chi connectivity index (χ3n) is 16.2. The molecule has 4 N–H and O–H groups in total. The third-order valence-corrected chi connectivity index (χ3v) is 16.2. The van der Waals surface area contributed by atoms with Gasteiger partial charge >= 0.3 is 5.91 Å². The molecule has 0 saturated heterocycles. The van der Waals surface area contributed by atoms with Crippen molar-refractivity contribution in [3.63, 3.8) is 0 Å². The number of rotatable bonds is 10. The van der Waals surface area contributed by atoms with Gasteiger partial charge in [-0.1, -0.05) is 143 Å². The van der Waals surface area contributed by atoms with E-state index in [4.69, 9.17) is 0 Å². The van der Waals surface area contributed by atoms with Crippen LogP contribution in [0.4, 0.5) is 0 Å². The number of nitrogens with zero attached hydrogens (tertiary/aromatic N) is 4. The monoisotopic (exact) mass is 1000 g/mol. The molecule has 8 heteroatoms. The number of aromatic amines is 4. The van der Waals surface area contributed by atoms with Crippen LogP contribution >= 0.6 is 0 Å². The zero-order valence-electron chi connectivity index (χ0n) is 43.8. The number of benzene rings is 4. The minimum Gasteiger partial charge on any atom is -0.364 e. The Morgan fingerprint density at radius 2 is 1.09 bits per heavy atom. The smallest absolute Gasteiger partial charge is 0.364 e. The van der Waals surface area contributed by atoms with E-state index < -0.39 is 5.91 Å². The second kappa shape index (κ2) is 18.5. The molecule has 6 aliphatic rings. The van der Waals surface area contributed by atoms with Crippen molar-refractivity contribution in [1.29, 1.82) is 0 Å². The fourth-order valence-corrected chi connectivity index (χ4v) is 12.6. The van der Waals surface area contributed by atoms with Crippen molar-refractivity contribution in [3.8, 4) is 0 Å². The molecule has 0 fully saturated rings. The predicted octanol–water partition coefficient (Wildman–Crippen LogP) is 12.4. The average Bonchev–Trinajstić information content (AvgIpc) is 3.38. The van der Waals surface area contributed by atoms with Gasteiger partial charge < -0.3 is 19.9 Å². The van der Waals surface area contributed by atoms with Gasteiger partial charge in [0, 0.05) is 88.6 Å². The zero-order chi connectivity index (χ0) is 51.8. The van der Waals surface area contributed by atoms with Gasteiger partial charge in [0.2, 0.25) is 22.8 Å². The van der Waals surface area contributed by atoms with Gasteiger partial charge in [0.1, 0.15) is 5.57 Å². The van der Waals surface area contributed by atoms with Gasteiger partial charge in [-0.25, -0.2) is 0 Å². The molecule has 0 radical (unpaired) electrons. The summed E-state index contributed by atoms with van der Waals surface area (Å²) in [6.45, 7) is 8.62. The molecule has 4 aromatic carbocycles. The second-order valence-electron chi connectivity index (χ2n) is 20.8. The molecular formula is C69H60N8+2. The van der Waals surface area contributed by atoms with Crippen molar-refractivity contribution in [1.82, 2.24) is 29.1 Å². The van der Waals surface area contributed by atoms with E-state index in [0.29, 0.717) is 0 Å². The van der Waals surface area contributed by atoms with Gasteiger partial charge in [0.15, 0.2) is 0 Å². The number of aryl methyl sites for hydroxylation is 4. The summed E-state index contributed by atoms with van der Waals surface area (Å²) in [5.74, 6) is -0.108. The van der Waals surface area contributed by atoms with Gasteiger partial charge in [-0.3, -0.25) is 0 Å². The number of aromatic nitrogens is 6. The molecule has 0 amide bonds. The first-order chi connectivity index (χ1) is 37.9. The van der Waals surface area contributed by atoms with Crippen molar-refractivity contribution >= 4 is 34.7 Å². The van der Waals surface area contributed by atoms with E-state index in [-0.39, 0.29) is 11.8 Å². The van der Waals surface area contributed by atoms with E-state index >= 15 is 0 Å². The predicted molar refractivity (Wildman–Crippen MR) is 310 cm³/mol. The van der Waals surface area contributed by atoms with Crippen LogP contribution in [0.5, 0.6) is 0 Å². The van der Waals surface area contributed by atoms with Crippen molar-refractivity contribution < 1.29 is 9.15 Å². The molecule has 1 spiro atoms. The summed E-state index contributed by atoms with van der Waals surface area (Å²) in [4.78, 5) is 13.8. The molecule has 8 nitrogen and oxygen atoms in total. The van der Waals surface area contributed by atoms with Crippen LogP contribution in [0.3, 0.4) is 0 Å². The first kappa shape index (κ1) is 46.2. The molecule has 1 unspecified atom stereocenters. The van der Waals surface area contributed by atoms with Crippen LogP contribution in [-0.4, -0.2) is 49.6 Å². The summed E-state index contributed by atoms with van der Waals surface area (Å²) in [5, 5.41) is 2.47. The highest BCUT2D eigenvalue weighted by Gasteiger charge is 2.71. The Labute approximate surface area is 448 Å². The Balaban J connectivity index is 0.000000117. The first-order valence-electron chi connectivity index (χ1n) is 27.1. The SMILES string of the molecule is CCc1ccc(C(c2ccccc2)c2ccc(CC)[nH]2)[nH]1.Cc1ccc(C(c2ccc[nH]2)c2ccc[nH]2)cc1.Cc1ccc(C2=C3C=CC4=[N+]3C35n6c(ccc6C(c6ccccc6)=c6ccc(n63)=C4)C=C3C=CC2=[N+]35)cc1. The quantitative estimate of drug-likeness (QED) is 0.0985. The van der Waals surface area contributed by atoms with Crippen molar-refractivity contribution in [2.75, 3.05) is 0 Å². The van der Waals surface area contributed by atoms with Crippen LogP contribution in [0.25, 0.3) is 23.3 Å².